The number of hydrogen-bond acceptors (Lipinski definition) is 3. The van der Waals surface area contributed by atoms with Gasteiger partial charge in [-0.3, -0.25) is 4.79 Å². The van der Waals surface area contributed by atoms with E-state index in [1.165, 1.54) is 0 Å². The lowest BCUT2D eigenvalue weighted by molar-refractivity contribution is -0.118. The Hall–Kier alpha value is -0.810. The van der Waals surface area contributed by atoms with Crippen molar-refractivity contribution in [1.82, 2.24) is 0 Å². The van der Waals surface area contributed by atoms with Crippen molar-refractivity contribution in [3.63, 3.8) is 0 Å². The van der Waals surface area contributed by atoms with E-state index in [4.69, 9.17) is 15.9 Å². The van der Waals surface area contributed by atoms with Gasteiger partial charge in [-0.2, -0.15) is 0 Å². The third-order valence-corrected chi connectivity index (χ3v) is 1.81. The van der Waals surface area contributed by atoms with Crippen LogP contribution in [0.1, 0.15) is 18.2 Å². The van der Waals surface area contributed by atoms with Crippen molar-refractivity contribution in [2.24, 2.45) is 11.5 Å². The fourth-order valence-corrected chi connectivity index (χ4v) is 1.16. The van der Waals surface area contributed by atoms with Gasteiger partial charge in [0.1, 0.15) is 5.76 Å². The third-order valence-electron chi connectivity index (χ3n) is 1.38. The minimum atomic E-state index is -0.450. The molecule has 0 aliphatic heterocycles. The molecule has 4 nitrogen and oxygen atoms in total. The number of halogens is 1. The second kappa shape index (κ2) is 3.73. The molecule has 1 aromatic rings. The number of nitrogens with two attached hydrogens (primary N) is 2. The predicted octanol–water partition coefficient (Wildman–Crippen LogP) is 0.917. The smallest absolute Gasteiger partial charge is 0.219 e. The Balaban J connectivity index is 2.64. The van der Waals surface area contributed by atoms with E-state index >= 15 is 0 Å². The van der Waals surface area contributed by atoms with Crippen LogP contribution in [0, 0.1) is 0 Å². The zero-order valence-electron chi connectivity index (χ0n) is 6.29. The number of furan rings is 1. The highest BCUT2D eigenvalue weighted by Crippen LogP contribution is 2.20. The number of amides is 1. The Morgan fingerprint density at radius 1 is 1.67 bits per heavy atom. The zero-order valence-corrected chi connectivity index (χ0v) is 7.87. The van der Waals surface area contributed by atoms with Crippen LogP contribution in [-0.2, 0) is 4.79 Å². The average molecular weight is 233 g/mol. The summed E-state index contributed by atoms with van der Waals surface area (Å²) in [4.78, 5) is 10.5. The van der Waals surface area contributed by atoms with Gasteiger partial charge in [0.25, 0.3) is 0 Å². The fourth-order valence-electron chi connectivity index (χ4n) is 0.845. The van der Waals surface area contributed by atoms with Gasteiger partial charge in [-0.1, -0.05) is 0 Å². The van der Waals surface area contributed by atoms with Gasteiger partial charge in [-0.15, -0.1) is 0 Å². The minimum Gasteiger partial charge on any atom is -0.453 e. The summed E-state index contributed by atoms with van der Waals surface area (Å²) < 4.78 is 5.72. The summed E-state index contributed by atoms with van der Waals surface area (Å²) in [6.07, 6.45) is 0.0972. The van der Waals surface area contributed by atoms with Crippen molar-refractivity contribution in [3.8, 4) is 0 Å². The van der Waals surface area contributed by atoms with Crippen LogP contribution in [0.3, 0.4) is 0 Å². The summed E-state index contributed by atoms with van der Waals surface area (Å²) in [6, 6.07) is 2.97. The van der Waals surface area contributed by atoms with Crippen molar-refractivity contribution < 1.29 is 9.21 Å². The molecule has 0 bridgehead atoms. The number of hydrogen-bond donors (Lipinski definition) is 2. The van der Waals surface area contributed by atoms with E-state index in [0.717, 1.165) is 0 Å². The molecule has 1 aromatic heterocycles. The Bertz CT molecular complexity index is 285. The molecule has 0 unspecified atom stereocenters. The summed E-state index contributed by atoms with van der Waals surface area (Å²) in [7, 11) is 0. The molecular weight excluding hydrogens is 224 g/mol. The molecule has 0 saturated heterocycles. The van der Waals surface area contributed by atoms with Crippen LogP contribution in [-0.4, -0.2) is 5.91 Å². The summed E-state index contributed by atoms with van der Waals surface area (Å²) in [6.45, 7) is 0. The summed E-state index contributed by atoms with van der Waals surface area (Å²) in [5, 5.41) is 0. The molecule has 66 valence electrons. The Morgan fingerprint density at radius 3 is 2.75 bits per heavy atom. The average Bonchev–Trinajstić information content (AvgIpc) is 2.34. The standard InChI is InChI=1S/C7H9BrN2O2/c8-6-2-1-5(12-6)4(9)3-7(10)11/h1-2,4H,3,9H2,(H2,10,11)/t4-/m0/s1. The topological polar surface area (TPSA) is 82.2 Å². The highest BCUT2D eigenvalue weighted by molar-refractivity contribution is 9.10. The van der Waals surface area contributed by atoms with Crippen LogP contribution >= 0.6 is 15.9 Å². The number of primary amides is 1. The Kier molecular flexibility index (Phi) is 2.88. The van der Waals surface area contributed by atoms with E-state index in [2.05, 4.69) is 15.9 Å². The van der Waals surface area contributed by atoms with E-state index in [1.807, 2.05) is 0 Å². The van der Waals surface area contributed by atoms with Crippen molar-refractivity contribution in [1.29, 1.82) is 0 Å². The molecule has 5 heteroatoms. The maximum absolute atomic E-state index is 10.5. The first-order chi connectivity index (χ1) is 5.59. The molecule has 0 aliphatic rings. The van der Waals surface area contributed by atoms with Gasteiger partial charge in [-0.05, 0) is 28.1 Å². The van der Waals surface area contributed by atoms with Gasteiger partial charge < -0.3 is 15.9 Å². The predicted molar refractivity (Wildman–Crippen MR) is 47.1 cm³/mol. The van der Waals surface area contributed by atoms with Crippen molar-refractivity contribution in [2.75, 3.05) is 0 Å². The Labute approximate surface area is 78.0 Å². The van der Waals surface area contributed by atoms with E-state index < -0.39 is 11.9 Å². The molecule has 12 heavy (non-hydrogen) atoms. The molecule has 1 amide bonds. The number of rotatable bonds is 3. The van der Waals surface area contributed by atoms with Crippen LogP contribution in [0.5, 0.6) is 0 Å². The van der Waals surface area contributed by atoms with Gasteiger partial charge >= 0.3 is 0 Å². The van der Waals surface area contributed by atoms with Crippen LogP contribution in [0.25, 0.3) is 0 Å². The molecule has 4 N–H and O–H groups in total. The first-order valence-electron chi connectivity index (χ1n) is 3.38. The van der Waals surface area contributed by atoms with Crippen molar-refractivity contribution in [3.05, 3.63) is 22.6 Å². The van der Waals surface area contributed by atoms with Gasteiger partial charge in [0, 0.05) is 6.42 Å². The maximum Gasteiger partial charge on any atom is 0.219 e. The quantitative estimate of drug-likeness (QED) is 0.814. The zero-order chi connectivity index (χ0) is 9.14. The number of carbonyl (C=O) groups excluding carboxylic acids is 1. The maximum atomic E-state index is 10.5. The molecule has 0 fully saturated rings. The molecule has 1 rings (SSSR count). The van der Waals surface area contributed by atoms with Gasteiger partial charge in [0.2, 0.25) is 5.91 Å². The van der Waals surface area contributed by atoms with E-state index in [-0.39, 0.29) is 6.42 Å². The molecule has 0 aromatic carbocycles. The van der Waals surface area contributed by atoms with Crippen LogP contribution in [0.4, 0.5) is 0 Å². The van der Waals surface area contributed by atoms with Crippen LogP contribution < -0.4 is 11.5 Å². The molecule has 1 heterocycles. The normalized spacial score (nSPS) is 12.8. The van der Waals surface area contributed by atoms with Gasteiger partial charge in [-0.25, -0.2) is 0 Å². The minimum absolute atomic E-state index is 0.0972. The lowest BCUT2D eigenvalue weighted by Crippen LogP contribution is -2.20. The first-order valence-corrected chi connectivity index (χ1v) is 4.18. The second-order valence-electron chi connectivity index (χ2n) is 2.42. The molecule has 1 atom stereocenters. The van der Waals surface area contributed by atoms with E-state index in [0.29, 0.717) is 10.4 Å². The molecule has 0 saturated carbocycles. The van der Waals surface area contributed by atoms with Gasteiger partial charge in [0.15, 0.2) is 4.67 Å². The number of carbonyl (C=O) groups is 1. The monoisotopic (exact) mass is 232 g/mol. The summed E-state index contributed by atoms with van der Waals surface area (Å²) in [5.41, 5.74) is 10.6. The molecule has 0 aliphatic carbocycles. The highest BCUT2D eigenvalue weighted by atomic mass is 79.9. The third kappa shape index (κ3) is 2.35. The summed E-state index contributed by atoms with van der Waals surface area (Å²) in [5.74, 6) is 0.121. The van der Waals surface area contributed by atoms with Crippen molar-refractivity contribution >= 4 is 21.8 Å². The molecule has 0 spiro atoms. The second-order valence-corrected chi connectivity index (χ2v) is 3.20. The fraction of sp³-hybridized carbons (Fsp3) is 0.286. The van der Waals surface area contributed by atoms with Crippen molar-refractivity contribution in [2.45, 2.75) is 12.5 Å². The first kappa shape index (κ1) is 9.28. The molecular formula is C7H9BrN2O2. The van der Waals surface area contributed by atoms with E-state index in [9.17, 15) is 4.79 Å². The van der Waals surface area contributed by atoms with Crippen LogP contribution in [0.2, 0.25) is 0 Å². The van der Waals surface area contributed by atoms with E-state index in [1.54, 1.807) is 12.1 Å². The lowest BCUT2D eigenvalue weighted by atomic mass is 10.2. The largest absolute Gasteiger partial charge is 0.453 e. The summed E-state index contributed by atoms with van der Waals surface area (Å²) >= 11 is 3.13. The Morgan fingerprint density at radius 2 is 2.33 bits per heavy atom. The SMILES string of the molecule is NC(=O)C[C@H](N)c1ccc(Br)o1. The lowest BCUT2D eigenvalue weighted by Gasteiger charge is -2.04. The van der Waals surface area contributed by atoms with Crippen LogP contribution in [0.15, 0.2) is 21.2 Å². The highest BCUT2D eigenvalue weighted by Gasteiger charge is 2.12. The molecule has 0 radical (unpaired) electrons. The van der Waals surface area contributed by atoms with Gasteiger partial charge in [0.05, 0.1) is 6.04 Å².